The van der Waals surface area contributed by atoms with Crippen LogP contribution in [0.4, 0.5) is 17.2 Å². The summed E-state index contributed by atoms with van der Waals surface area (Å²) in [6.45, 7) is 1.45. The van der Waals surface area contributed by atoms with E-state index < -0.39 is 0 Å². The molecule has 2 aromatic rings. The van der Waals surface area contributed by atoms with Gasteiger partial charge in [-0.15, -0.1) is 0 Å². The third kappa shape index (κ3) is 3.54. The van der Waals surface area contributed by atoms with Gasteiger partial charge in [-0.25, -0.2) is 4.98 Å². The second kappa shape index (κ2) is 5.65. The lowest BCUT2D eigenvalue weighted by Crippen LogP contribution is -2.06. The average molecular weight is 252 g/mol. The van der Waals surface area contributed by atoms with Crippen LogP contribution in [0.15, 0.2) is 42.6 Å². The molecule has 1 amide bonds. The molecule has 1 heterocycles. The molecule has 0 atom stereocenters. The maximum Gasteiger partial charge on any atom is 0.221 e. The quantitative estimate of drug-likeness (QED) is 0.880. The molecule has 0 saturated carbocycles. The zero-order valence-corrected chi connectivity index (χ0v) is 10.3. The monoisotopic (exact) mass is 252 g/mol. The van der Waals surface area contributed by atoms with Crippen molar-refractivity contribution in [1.82, 2.24) is 4.98 Å². The van der Waals surface area contributed by atoms with Crippen molar-refractivity contribution >= 4 is 23.1 Å². The van der Waals surface area contributed by atoms with Crippen molar-refractivity contribution in [3.63, 3.8) is 0 Å². The zero-order chi connectivity index (χ0) is 13.7. The number of carbonyl (C=O) groups is 1. The molecular weight excluding hydrogens is 240 g/mol. The number of anilines is 3. The highest BCUT2D eigenvalue weighted by Gasteiger charge is 1.99. The van der Waals surface area contributed by atoms with E-state index >= 15 is 0 Å². The fourth-order valence-corrected chi connectivity index (χ4v) is 1.52. The Labute approximate surface area is 110 Å². The summed E-state index contributed by atoms with van der Waals surface area (Å²) in [6.07, 6.45) is 1.58. The van der Waals surface area contributed by atoms with Gasteiger partial charge in [0.25, 0.3) is 0 Å². The standard InChI is InChI=1S/C14H12N4O/c1-10(19)17-13-6-7-14(16-9-13)18-12-4-2-11(8-15)3-5-12/h2-7,9H,1H3,(H,16,18)(H,17,19). The van der Waals surface area contributed by atoms with Crippen molar-refractivity contribution in [3.05, 3.63) is 48.2 Å². The van der Waals surface area contributed by atoms with Crippen LogP contribution in [-0.2, 0) is 4.79 Å². The maximum absolute atomic E-state index is 10.9. The van der Waals surface area contributed by atoms with Crippen molar-refractivity contribution in [1.29, 1.82) is 5.26 Å². The van der Waals surface area contributed by atoms with Crippen molar-refractivity contribution in [2.24, 2.45) is 0 Å². The molecular formula is C14H12N4O. The second-order valence-corrected chi connectivity index (χ2v) is 3.93. The number of benzene rings is 1. The molecule has 0 unspecified atom stereocenters. The Kier molecular flexibility index (Phi) is 3.74. The second-order valence-electron chi connectivity index (χ2n) is 3.93. The van der Waals surface area contributed by atoms with Crippen LogP contribution in [0.5, 0.6) is 0 Å². The number of nitrogens with zero attached hydrogens (tertiary/aromatic N) is 2. The number of hydrogen-bond acceptors (Lipinski definition) is 4. The summed E-state index contributed by atoms with van der Waals surface area (Å²) >= 11 is 0. The summed E-state index contributed by atoms with van der Waals surface area (Å²) in [7, 11) is 0. The lowest BCUT2D eigenvalue weighted by molar-refractivity contribution is -0.114. The number of pyridine rings is 1. The van der Waals surface area contributed by atoms with E-state index in [1.165, 1.54) is 6.92 Å². The largest absolute Gasteiger partial charge is 0.340 e. The van der Waals surface area contributed by atoms with Crippen molar-refractivity contribution in [2.75, 3.05) is 10.6 Å². The summed E-state index contributed by atoms with van der Waals surface area (Å²) in [4.78, 5) is 15.0. The van der Waals surface area contributed by atoms with Gasteiger partial charge in [-0.05, 0) is 36.4 Å². The molecule has 0 saturated heterocycles. The molecule has 1 aromatic carbocycles. The van der Waals surface area contributed by atoms with E-state index in [1.807, 2.05) is 12.1 Å². The van der Waals surface area contributed by atoms with Crippen molar-refractivity contribution < 1.29 is 4.79 Å². The number of nitrogens with one attached hydrogen (secondary N) is 2. The van der Waals surface area contributed by atoms with Crippen LogP contribution in [0.2, 0.25) is 0 Å². The van der Waals surface area contributed by atoms with E-state index in [-0.39, 0.29) is 5.91 Å². The van der Waals surface area contributed by atoms with E-state index in [1.54, 1.807) is 30.5 Å². The van der Waals surface area contributed by atoms with Gasteiger partial charge in [0.2, 0.25) is 5.91 Å². The number of nitriles is 1. The molecule has 94 valence electrons. The molecule has 1 aromatic heterocycles. The Hall–Kier alpha value is -2.87. The highest BCUT2D eigenvalue weighted by molar-refractivity contribution is 5.88. The number of amides is 1. The van der Waals surface area contributed by atoms with E-state index in [9.17, 15) is 4.79 Å². The lowest BCUT2D eigenvalue weighted by atomic mass is 10.2. The summed E-state index contributed by atoms with van der Waals surface area (Å²) < 4.78 is 0. The Balaban J connectivity index is 2.06. The number of rotatable bonds is 3. The van der Waals surface area contributed by atoms with Crippen molar-refractivity contribution in [3.8, 4) is 6.07 Å². The fraction of sp³-hybridized carbons (Fsp3) is 0.0714. The molecule has 0 bridgehead atoms. The van der Waals surface area contributed by atoms with Gasteiger partial charge >= 0.3 is 0 Å². The van der Waals surface area contributed by atoms with Gasteiger partial charge in [0.15, 0.2) is 0 Å². The summed E-state index contributed by atoms with van der Waals surface area (Å²) in [5.74, 6) is 0.536. The molecule has 19 heavy (non-hydrogen) atoms. The maximum atomic E-state index is 10.9. The average Bonchev–Trinajstić information content (AvgIpc) is 2.41. The van der Waals surface area contributed by atoms with Gasteiger partial charge in [-0.3, -0.25) is 4.79 Å². The minimum atomic E-state index is -0.130. The van der Waals surface area contributed by atoms with Crippen LogP contribution in [0.1, 0.15) is 12.5 Å². The van der Waals surface area contributed by atoms with Crippen LogP contribution in [0.25, 0.3) is 0 Å². The molecule has 2 rings (SSSR count). The molecule has 0 aliphatic rings. The van der Waals surface area contributed by atoms with E-state index in [0.717, 1.165) is 5.69 Å². The van der Waals surface area contributed by atoms with Crippen LogP contribution in [0, 0.1) is 11.3 Å². The Bertz CT molecular complexity index is 611. The highest BCUT2D eigenvalue weighted by atomic mass is 16.1. The van der Waals surface area contributed by atoms with Gasteiger partial charge in [0.05, 0.1) is 23.5 Å². The first-order valence-electron chi connectivity index (χ1n) is 5.68. The Morgan fingerprint density at radius 2 is 1.84 bits per heavy atom. The molecule has 0 aliphatic heterocycles. The van der Waals surface area contributed by atoms with Gasteiger partial charge in [0, 0.05) is 12.6 Å². The first-order valence-corrected chi connectivity index (χ1v) is 5.68. The van der Waals surface area contributed by atoms with Gasteiger partial charge < -0.3 is 10.6 Å². The lowest BCUT2D eigenvalue weighted by Gasteiger charge is -2.06. The highest BCUT2D eigenvalue weighted by Crippen LogP contribution is 2.16. The minimum absolute atomic E-state index is 0.130. The number of carbonyl (C=O) groups excluding carboxylic acids is 1. The number of hydrogen-bond donors (Lipinski definition) is 2. The van der Waals surface area contributed by atoms with Crippen LogP contribution in [0.3, 0.4) is 0 Å². The Morgan fingerprint density at radius 3 is 2.37 bits per heavy atom. The van der Waals surface area contributed by atoms with Crippen molar-refractivity contribution in [2.45, 2.75) is 6.92 Å². The van der Waals surface area contributed by atoms with Crippen LogP contribution < -0.4 is 10.6 Å². The third-order valence-corrected chi connectivity index (χ3v) is 2.37. The first kappa shape index (κ1) is 12.6. The number of aromatic nitrogens is 1. The first-order chi connectivity index (χ1) is 9.17. The summed E-state index contributed by atoms with van der Waals surface area (Å²) in [6, 6.07) is 12.7. The zero-order valence-electron chi connectivity index (χ0n) is 10.3. The van der Waals surface area contributed by atoms with Gasteiger partial charge in [0.1, 0.15) is 5.82 Å². The molecule has 0 radical (unpaired) electrons. The molecule has 0 spiro atoms. The van der Waals surface area contributed by atoms with Crippen LogP contribution >= 0.6 is 0 Å². The summed E-state index contributed by atoms with van der Waals surface area (Å²) in [5.41, 5.74) is 2.11. The van der Waals surface area contributed by atoms with Gasteiger partial charge in [-0.1, -0.05) is 0 Å². The Morgan fingerprint density at radius 1 is 1.16 bits per heavy atom. The fourth-order valence-electron chi connectivity index (χ4n) is 1.52. The topological polar surface area (TPSA) is 77.8 Å². The predicted octanol–water partition coefficient (Wildman–Crippen LogP) is 2.66. The van der Waals surface area contributed by atoms with E-state index in [4.69, 9.17) is 5.26 Å². The van der Waals surface area contributed by atoms with E-state index in [2.05, 4.69) is 21.7 Å². The van der Waals surface area contributed by atoms with Gasteiger partial charge in [-0.2, -0.15) is 5.26 Å². The SMILES string of the molecule is CC(=O)Nc1ccc(Nc2ccc(C#N)cc2)nc1. The molecule has 5 heteroatoms. The molecule has 2 N–H and O–H groups in total. The normalized spacial score (nSPS) is 9.47. The van der Waals surface area contributed by atoms with Crippen LogP contribution in [-0.4, -0.2) is 10.9 Å². The predicted molar refractivity (Wildman–Crippen MR) is 73.0 cm³/mol. The molecule has 5 nitrogen and oxygen atoms in total. The van der Waals surface area contributed by atoms with E-state index in [0.29, 0.717) is 17.1 Å². The summed E-state index contributed by atoms with van der Waals surface area (Å²) in [5, 5.41) is 14.5. The molecule has 0 aliphatic carbocycles. The smallest absolute Gasteiger partial charge is 0.221 e. The molecule has 0 fully saturated rings. The minimum Gasteiger partial charge on any atom is -0.340 e. The third-order valence-electron chi connectivity index (χ3n) is 2.37.